The monoisotopic (exact) mass is 274 g/mol. The minimum absolute atomic E-state index is 0.171. The summed E-state index contributed by atoms with van der Waals surface area (Å²) in [7, 11) is 0. The van der Waals surface area contributed by atoms with Crippen LogP contribution in [0.2, 0.25) is 5.02 Å². The molecule has 0 saturated carbocycles. The molecule has 0 saturated heterocycles. The summed E-state index contributed by atoms with van der Waals surface area (Å²) in [5.74, 6) is -1.17. The van der Waals surface area contributed by atoms with E-state index in [1.807, 2.05) is 31.2 Å². The van der Waals surface area contributed by atoms with Gasteiger partial charge in [-0.3, -0.25) is 0 Å². The molecule has 0 aromatic heterocycles. The first-order valence-corrected chi connectivity index (χ1v) is 6.24. The van der Waals surface area contributed by atoms with Crippen molar-refractivity contribution < 1.29 is 9.90 Å². The van der Waals surface area contributed by atoms with Crippen molar-refractivity contribution in [3.8, 4) is 0 Å². The lowest BCUT2D eigenvalue weighted by Crippen LogP contribution is -2.22. The van der Waals surface area contributed by atoms with Crippen molar-refractivity contribution in [2.45, 2.75) is 13.5 Å². The topological polar surface area (TPSA) is 52.2 Å². The van der Waals surface area contributed by atoms with Crippen LogP contribution < -0.4 is 10.4 Å². The maximum Gasteiger partial charge on any atom is 0.0716 e. The molecule has 0 aliphatic carbocycles. The molecule has 0 fully saturated rings. The van der Waals surface area contributed by atoms with Gasteiger partial charge in [0.15, 0.2) is 0 Å². The van der Waals surface area contributed by atoms with Crippen LogP contribution in [0.25, 0.3) is 0 Å². The lowest BCUT2D eigenvalue weighted by Gasteiger charge is -2.12. The number of carboxylic acid groups (broad SMARTS) is 1. The number of anilines is 1. The molecular formula is C15H13ClNO2-. The number of carbonyl (C=O) groups is 1. The van der Waals surface area contributed by atoms with Gasteiger partial charge in [0.1, 0.15) is 0 Å². The van der Waals surface area contributed by atoms with Gasteiger partial charge in [-0.2, -0.15) is 0 Å². The fourth-order valence-electron chi connectivity index (χ4n) is 1.74. The minimum atomic E-state index is -1.17. The zero-order chi connectivity index (χ0) is 13.8. The van der Waals surface area contributed by atoms with Gasteiger partial charge in [0.2, 0.25) is 0 Å². The number of hydrogen-bond donors (Lipinski definition) is 1. The molecule has 2 rings (SSSR count). The van der Waals surface area contributed by atoms with Crippen LogP contribution in [0.15, 0.2) is 42.5 Å². The van der Waals surface area contributed by atoms with Gasteiger partial charge in [0, 0.05) is 17.3 Å². The van der Waals surface area contributed by atoms with Crippen LogP contribution in [0.3, 0.4) is 0 Å². The number of carbonyl (C=O) groups excluding carboxylic acids is 1. The third-order valence-electron chi connectivity index (χ3n) is 2.87. The summed E-state index contributed by atoms with van der Waals surface area (Å²) >= 11 is 5.82. The highest BCUT2D eigenvalue weighted by Crippen LogP contribution is 2.18. The third-order valence-corrected chi connectivity index (χ3v) is 3.12. The van der Waals surface area contributed by atoms with E-state index in [1.165, 1.54) is 6.07 Å². The predicted molar refractivity (Wildman–Crippen MR) is 74.3 cm³/mol. The van der Waals surface area contributed by atoms with Gasteiger partial charge in [0.25, 0.3) is 0 Å². The van der Waals surface area contributed by atoms with Crippen molar-refractivity contribution >= 4 is 23.3 Å². The van der Waals surface area contributed by atoms with Crippen LogP contribution in [0, 0.1) is 6.92 Å². The number of rotatable bonds is 4. The van der Waals surface area contributed by atoms with Crippen LogP contribution in [0.4, 0.5) is 5.69 Å². The molecule has 0 aliphatic rings. The second-order valence-electron chi connectivity index (χ2n) is 4.30. The SMILES string of the molecule is Cc1ccc(C(=O)[O-])cc1NCc1ccc(Cl)cc1. The van der Waals surface area contributed by atoms with Gasteiger partial charge in [-0.25, -0.2) is 0 Å². The molecule has 2 aromatic rings. The molecule has 98 valence electrons. The van der Waals surface area contributed by atoms with E-state index in [0.29, 0.717) is 11.6 Å². The summed E-state index contributed by atoms with van der Waals surface area (Å²) in [5, 5.41) is 14.7. The molecule has 0 heterocycles. The van der Waals surface area contributed by atoms with Gasteiger partial charge in [-0.15, -0.1) is 0 Å². The van der Waals surface area contributed by atoms with Crippen LogP contribution in [0.5, 0.6) is 0 Å². The van der Waals surface area contributed by atoms with E-state index >= 15 is 0 Å². The van der Waals surface area contributed by atoms with Gasteiger partial charge in [0.05, 0.1) is 5.97 Å². The van der Waals surface area contributed by atoms with Crippen LogP contribution in [-0.4, -0.2) is 5.97 Å². The summed E-state index contributed by atoms with van der Waals surface area (Å²) in [5.41, 5.74) is 3.02. The minimum Gasteiger partial charge on any atom is -0.545 e. The van der Waals surface area contributed by atoms with Crippen molar-refractivity contribution in [1.82, 2.24) is 0 Å². The summed E-state index contributed by atoms with van der Waals surface area (Å²) in [6.45, 7) is 2.53. The first kappa shape index (κ1) is 13.4. The number of carboxylic acids is 1. The highest BCUT2D eigenvalue weighted by molar-refractivity contribution is 6.30. The molecule has 0 bridgehead atoms. The van der Waals surface area contributed by atoms with Crippen molar-refractivity contribution in [2.75, 3.05) is 5.32 Å². The first-order chi connectivity index (χ1) is 9.06. The zero-order valence-corrected chi connectivity index (χ0v) is 11.2. The van der Waals surface area contributed by atoms with Crippen molar-refractivity contribution in [3.05, 3.63) is 64.2 Å². The average molecular weight is 275 g/mol. The smallest absolute Gasteiger partial charge is 0.0716 e. The quantitative estimate of drug-likeness (QED) is 0.932. The lowest BCUT2D eigenvalue weighted by atomic mass is 10.1. The van der Waals surface area contributed by atoms with E-state index in [-0.39, 0.29) is 5.56 Å². The summed E-state index contributed by atoms with van der Waals surface area (Å²) in [6.07, 6.45) is 0. The second kappa shape index (κ2) is 5.76. The third kappa shape index (κ3) is 3.48. The Bertz CT molecular complexity index is 594. The zero-order valence-electron chi connectivity index (χ0n) is 10.4. The van der Waals surface area contributed by atoms with Crippen LogP contribution in [-0.2, 0) is 6.54 Å². The largest absolute Gasteiger partial charge is 0.545 e. The normalized spacial score (nSPS) is 10.2. The average Bonchev–Trinajstić information content (AvgIpc) is 2.39. The molecule has 2 aromatic carbocycles. The van der Waals surface area contributed by atoms with E-state index in [2.05, 4.69) is 5.32 Å². The van der Waals surface area contributed by atoms with Gasteiger partial charge >= 0.3 is 0 Å². The Kier molecular flexibility index (Phi) is 4.07. The van der Waals surface area contributed by atoms with E-state index in [0.717, 1.165) is 16.8 Å². The Morgan fingerprint density at radius 3 is 2.53 bits per heavy atom. The molecular weight excluding hydrogens is 262 g/mol. The molecule has 0 aliphatic heterocycles. The number of aromatic carboxylic acids is 1. The maximum atomic E-state index is 10.8. The molecule has 0 amide bonds. The predicted octanol–water partition coefficient (Wildman–Crippen LogP) is 2.62. The van der Waals surface area contributed by atoms with E-state index in [1.54, 1.807) is 12.1 Å². The number of nitrogens with one attached hydrogen (secondary N) is 1. The second-order valence-corrected chi connectivity index (χ2v) is 4.73. The van der Waals surface area contributed by atoms with Crippen LogP contribution >= 0.6 is 11.6 Å². The molecule has 4 heteroatoms. The number of benzene rings is 2. The molecule has 0 spiro atoms. The summed E-state index contributed by atoms with van der Waals surface area (Å²) in [4.78, 5) is 10.8. The van der Waals surface area contributed by atoms with Gasteiger partial charge < -0.3 is 15.2 Å². The lowest BCUT2D eigenvalue weighted by molar-refractivity contribution is -0.255. The van der Waals surface area contributed by atoms with E-state index < -0.39 is 5.97 Å². The first-order valence-electron chi connectivity index (χ1n) is 5.86. The van der Waals surface area contributed by atoms with Crippen molar-refractivity contribution in [1.29, 1.82) is 0 Å². The molecule has 19 heavy (non-hydrogen) atoms. The fourth-order valence-corrected chi connectivity index (χ4v) is 1.86. The maximum absolute atomic E-state index is 10.8. The van der Waals surface area contributed by atoms with Crippen molar-refractivity contribution in [2.24, 2.45) is 0 Å². The highest BCUT2D eigenvalue weighted by atomic mass is 35.5. The molecule has 0 atom stereocenters. The standard InChI is InChI=1S/C15H14ClNO2/c1-10-2-5-12(15(18)19)8-14(10)17-9-11-3-6-13(16)7-4-11/h2-8,17H,9H2,1H3,(H,18,19)/p-1. The Balaban J connectivity index is 2.12. The molecule has 0 radical (unpaired) electrons. The van der Waals surface area contributed by atoms with Gasteiger partial charge in [-0.05, 0) is 41.8 Å². The Morgan fingerprint density at radius 1 is 1.21 bits per heavy atom. The van der Waals surface area contributed by atoms with E-state index in [9.17, 15) is 9.90 Å². The number of halogens is 1. The highest BCUT2D eigenvalue weighted by Gasteiger charge is 2.01. The van der Waals surface area contributed by atoms with E-state index in [4.69, 9.17) is 11.6 Å². The summed E-state index contributed by atoms with van der Waals surface area (Å²) in [6, 6.07) is 12.4. The van der Waals surface area contributed by atoms with Gasteiger partial charge in [-0.1, -0.05) is 35.9 Å². The Labute approximate surface area is 116 Å². The molecule has 3 nitrogen and oxygen atoms in total. The number of aryl methyl sites for hydroxylation is 1. The fraction of sp³-hybridized carbons (Fsp3) is 0.133. The van der Waals surface area contributed by atoms with Crippen molar-refractivity contribution in [3.63, 3.8) is 0 Å². The Morgan fingerprint density at radius 2 is 1.89 bits per heavy atom. The molecule has 1 N–H and O–H groups in total. The van der Waals surface area contributed by atoms with Crippen LogP contribution in [0.1, 0.15) is 21.5 Å². The molecule has 0 unspecified atom stereocenters. The Hall–Kier alpha value is -2.00. The summed E-state index contributed by atoms with van der Waals surface area (Å²) < 4.78 is 0. The number of hydrogen-bond acceptors (Lipinski definition) is 3.